The van der Waals surface area contributed by atoms with Crippen molar-refractivity contribution < 1.29 is 13.3 Å². The number of hydrogen-bond acceptors (Lipinski definition) is 4. The van der Waals surface area contributed by atoms with E-state index < -0.39 is 20.4 Å². The molecule has 0 saturated carbocycles. The zero-order valence-electron chi connectivity index (χ0n) is 16.3. The third-order valence-electron chi connectivity index (χ3n) is 5.07. The molecular weight excluding hydrogens is 400 g/mol. The number of hydrogen-bond donors (Lipinski definition) is 1. The highest BCUT2D eigenvalue weighted by atomic mass is 32.2. The Labute approximate surface area is 176 Å². The van der Waals surface area contributed by atoms with Gasteiger partial charge in [-0.15, -0.1) is 6.58 Å². The van der Waals surface area contributed by atoms with Crippen LogP contribution in [0.5, 0.6) is 0 Å². The molecule has 0 saturated heterocycles. The molecular formula is C23H22N2O4S. The standard InChI is InChI=1S/C23H22N2O4S/c1-2-17-23(19-9-5-3-6-10-19,20-11-7-4-8-12-20)18-24-30(28,29)22-15-13-21(14-16-22)25(26)27/h2-16,24H,1,17-18H2. The van der Waals surface area contributed by atoms with E-state index in [-0.39, 0.29) is 17.1 Å². The molecule has 30 heavy (non-hydrogen) atoms. The third-order valence-corrected chi connectivity index (χ3v) is 6.48. The van der Waals surface area contributed by atoms with Crippen molar-refractivity contribution in [1.82, 2.24) is 4.72 Å². The fourth-order valence-electron chi connectivity index (χ4n) is 3.49. The van der Waals surface area contributed by atoms with Crippen LogP contribution in [-0.4, -0.2) is 19.9 Å². The van der Waals surface area contributed by atoms with Crippen LogP contribution in [-0.2, 0) is 15.4 Å². The van der Waals surface area contributed by atoms with E-state index >= 15 is 0 Å². The number of nitrogens with zero attached hydrogens (tertiary/aromatic N) is 1. The molecule has 0 heterocycles. The van der Waals surface area contributed by atoms with Gasteiger partial charge in [-0.05, 0) is 29.7 Å². The van der Waals surface area contributed by atoms with Gasteiger partial charge in [-0.1, -0.05) is 66.7 Å². The summed E-state index contributed by atoms with van der Waals surface area (Å²) in [5.41, 5.74) is 1.10. The van der Waals surface area contributed by atoms with Crippen LogP contribution in [0.2, 0.25) is 0 Å². The predicted molar refractivity (Wildman–Crippen MR) is 117 cm³/mol. The molecule has 0 radical (unpaired) electrons. The van der Waals surface area contributed by atoms with E-state index in [1.807, 2.05) is 60.7 Å². The predicted octanol–water partition coefficient (Wildman–Crippen LogP) is 4.44. The molecule has 0 aliphatic rings. The molecule has 0 spiro atoms. The lowest BCUT2D eigenvalue weighted by Crippen LogP contribution is -2.41. The minimum Gasteiger partial charge on any atom is -0.258 e. The number of allylic oxidation sites excluding steroid dienone is 1. The van der Waals surface area contributed by atoms with Crippen LogP contribution < -0.4 is 4.72 Å². The van der Waals surface area contributed by atoms with Gasteiger partial charge in [0.2, 0.25) is 10.0 Å². The van der Waals surface area contributed by atoms with Crippen molar-refractivity contribution in [3.8, 4) is 0 Å². The quantitative estimate of drug-likeness (QED) is 0.314. The van der Waals surface area contributed by atoms with Crippen LogP contribution in [0.25, 0.3) is 0 Å². The van der Waals surface area contributed by atoms with Gasteiger partial charge in [-0.2, -0.15) is 0 Å². The Balaban J connectivity index is 1.99. The first kappa shape index (κ1) is 21.4. The smallest absolute Gasteiger partial charge is 0.258 e. The molecule has 3 rings (SSSR count). The average molecular weight is 423 g/mol. The number of benzene rings is 3. The maximum absolute atomic E-state index is 12.9. The second-order valence-electron chi connectivity index (χ2n) is 6.88. The Hall–Kier alpha value is -3.29. The van der Waals surface area contributed by atoms with Gasteiger partial charge in [-0.25, -0.2) is 13.1 Å². The SMILES string of the molecule is C=CCC(CNS(=O)(=O)c1ccc([N+](=O)[O-])cc1)(c1ccccc1)c1ccccc1. The summed E-state index contributed by atoms with van der Waals surface area (Å²) < 4.78 is 28.5. The van der Waals surface area contributed by atoms with E-state index in [0.29, 0.717) is 6.42 Å². The third kappa shape index (κ3) is 4.48. The lowest BCUT2D eigenvalue weighted by molar-refractivity contribution is -0.384. The van der Waals surface area contributed by atoms with Gasteiger partial charge < -0.3 is 0 Å². The lowest BCUT2D eigenvalue weighted by atomic mass is 9.72. The molecule has 7 heteroatoms. The molecule has 0 fully saturated rings. The van der Waals surface area contributed by atoms with Crippen LogP contribution in [0.3, 0.4) is 0 Å². The van der Waals surface area contributed by atoms with Crippen LogP contribution in [0, 0.1) is 10.1 Å². The summed E-state index contributed by atoms with van der Waals surface area (Å²) in [6.07, 6.45) is 2.30. The zero-order chi connectivity index (χ0) is 21.6. The van der Waals surface area contributed by atoms with Gasteiger partial charge in [0, 0.05) is 24.1 Å². The maximum Gasteiger partial charge on any atom is 0.269 e. The van der Waals surface area contributed by atoms with E-state index in [9.17, 15) is 18.5 Å². The van der Waals surface area contributed by atoms with Gasteiger partial charge in [0.1, 0.15) is 0 Å². The molecule has 1 N–H and O–H groups in total. The Morgan fingerprint density at radius 2 is 1.40 bits per heavy atom. The summed E-state index contributed by atoms with van der Waals surface area (Å²) >= 11 is 0. The Morgan fingerprint density at radius 1 is 0.900 bits per heavy atom. The van der Waals surface area contributed by atoms with E-state index in [0.717, 1.165) is 11.1 Å². The second-order valence-corrected chi connectivity index (χ2v) is 8.65. The molecule has 3 aromatic rings. The van der Waals surface area contributed by atoms with Crippen LogP contribution >= 0.6 is 0 Å². The molecule has 0 amide bonds. The zero-order valence-corrected chi connectivity index (χ0v) is 17.1. The van der Waals surface area contributed by atoms with Crippen molar-refractivity contribution in [3.63, 3.8) is 0 Å². The number of nitrogens with one attached hydrogen (secondary N) is 1. The van der Waals surface area contributed by atoms with Gasteiger partial charge in [0.05, 0.1) is 9.82 Å². The largest absolute Gasteiger partial charge is 0.269 e. The van der Waals surface area contributed by atoms with Crippen LogP contribution in [0.1, 0.15) is 17.5 Å². The van der Waals surface area contributed by atoms with Gasteiger partial charge in [0.15, 0.2) is 0 Å². The number of nitro benzene ring substituents is 1. The second kappa shape index (κ2) is 9.02. The van der Waals surface area contributed by atoms with Crippen molar-refractivity contribution in [2.45, 2.75) is 16.7 Å². The van der Waals surface area contributed by atoms with Gasteiger partial charge in [-0.3, -0.25) is 10.1 Å². The summed E-state index contributed by atoms with van der Waals surface area (Å²) in [5.74, 6) is 0. The first-order valence-electron chi connectivity index (χ1n) is 9.35. The summed E-state index contributed by atoms with van der Waals surface area (Å²) in [4.78, 5) is 10.2. The van der Waals surface area contributed by atoms with E-state index in [1.165, 1.54) is 24.3 Å². The number of sulfonamides is 1. The average Bonchev–Trinajstić information content (AvgIpc) is 2.78. The number of rotatable bonds is 9. The normalized spacial score (nSPS) is 11.7. The molecule has 0 atom stereocenters. The van der Waals surface area contributed by atoms with E-state index in [2.05, 4.69) is 11.3 Å². The lowest BCUT2D eigenvalue weighted by Gasteiger charge is -2.34. The molecule has 6 nitrogen and oxygen atoms in total. The van der Waals surface area contributed by atoms with E-state index in [1.54, 1.807) is 6.08 Å². The van der Waals surface area contributed by atoms with Crippen molar-refractivity contribution in [3.05, 3.63) is 119 Å². The minimum atomic E-state index is -3.88. The Bertz CT molecular complexity index is 1070. The summed E-state index contributed by atoms with van der Waals surface area (Å²) in [6.45, 7) is 3.99. The summed E-state index contributed by atoms with van der Waals surface area (Å²) in [5, 5.41) is 10.8. The topological polar surface area (TPSA) is 89.3 Å². The maximum atomic E-state index is 12.9. The Kier molecular flexibility index (Phi) is 6.44. The van der Waals surface area contributed by atoms with Crippen LogP contribution in [0.15, 0.2) is 102 Å². The molecule has 0 unspecified atom stereocenters. The molecule has 154 valence electrons. The Morgan fingerprint density at radius 3 is 1.83 bits per heavy atom. The minimum absolute atomic E-state index is 0.0262. The van der Waals surface area contributed by atoms with Crippen LogP contribution in [0.4, 0.5) is 5.69 Å². The fraction of sp³-hybridized carbons (Fsp3) is 0.130. The van der Waals surface area contributed by atoms with Gasteiger partial charge >= 0.3 is 0 Å². The van der Waals surface area contributed by atoms with Crippen molar-refractivity contribution in [2.24, 2.45) is 0 Å². The molecule has 0 aliphatic heterocycles. The molecule has 3 aromatic carbocycles. The summed E-state index contributed by atoms with van der Waals surface area (Å²) in [6, 6.07) is 24.2. The summed E-state index contributed by atoms with van der Waals surface area (Å²) in [7, 11) is -3.88. The number of nitro groups is 1. The van der Waals surface area contributed by atoms with Crippen molar-refractivity contribution in [1.29, 1.82) is 0 Å². The highest BCUT2D eigenvalue weighted by molar-refractivity contribution is 7.89. The highest BCUT2D eigenvalue weighted by Crippen LogP contribution is 2.36. The first-order chi connectivity index (χ1) is 14.4. The molecule has 0 bridgehead atoms. The monoisotopic (exact) mass is 422 g/mol. The van der Waals surface area contributed by atoms with Gasteiger partial charge in [0.25, 0.3) is 5.69 Å². The van der Waals surface area contributed by atoms with Crippen molar-refractivity contribution in [2.75, 3.05) is 6.54 Å². The fourth-order valence-corrected chi connectivity index (χ4v) is 4.59. The molecule has 0 aliphatic carbocycles. The van der Waals surface area contributed by atoms with E-state index in [4.69, 9.17) is 0 Å². The first-order valence-corrected chi connectivity index (χ1v) is 10.8. The molecule has 0 aromatic heterocycles. The van der Waals surface area contributed by atoms with Crippen molar-refractivity contribution >= 4 is 15.7 Å². The number of non-ortho nitro benzene ring substituents is 1. The highest BCUT2D eigenvalue weighted by Gasteiger charge is 2.34.